The minimum Gasteiger partial charge on any atom is -0.462 e. The topological polar surface area (TPSA) is 120 Å². The number of ether oxygens (including phenoxy) is 3. The predicted octanol–water partition coefficient (Wildman–Crippen LogP) is 5.89. The van der Waals surface area contributed by atoms with E-state index in [1.54, 1.807) is 48.5 Å². The molecule has 0 atom stereocenters. The fourth-order valence-electron chi connectivity index (χ4n) is 3.40. The summed E-state index contributed by atoms with van der Waals surface area (Å²) in [5.41, 5.74) is 2.58. The number of hydrogen-bond acceptors (Lipinski definition) is 7. The molecular formula is C31H34N2O7. The van der Waals surface area contributed by atoms with Crippen molar-refractivity contribution in [3.8, 4) is 11.5 Å². The van der Waals surface area contributed by atoms with Gasteiger partial charge in [-0.1, -0.05) is 31.5 Å². The molecule has 9 heteroatoms. The van der Waals surface area contributed by atoms with Gasteiger partial charge in [-0.25, -0.2) is 4.79 Å². The molecule has 0 aliphatic rings. The Morgan fingerprint density at radius 1 is 0.700 bits per heavy atom. The zero-order valence-corrected chi connectivity index (χ0v) is 22.9. The Morgan fingerprint density at radius 2 is 1.25 bits per heavy atom. The van der Waals surface area contributed by atoms with Crippen LogP contribution in [0.4, 0.5) is 11.4 Å². The van der Waals surface area contributed by atoms with Gasteiger partial charge in [0.25, 0.3) is 5.91 Å². The zero-order valence-electron chi connectivity index (χ0n) is 22.9. The molecule has 0 saturated heterocycles. The van der Waals surface area contributed by atoms with Crippen molar-refractivity contribution in [2.75, 3.05) is 23.8 Å². The molecule has 0 aromatic heterocycles. The number of esters is 2. The van der Waals surface area contributed by atoms with Crippen molar-refractivity contribution in [2.24, 2.45) is 5.92 Å². The number of rotatable bonds is 13. The van der Waals surface area contributed by atoms with Crippen LogP contribution in [0.1, 0.15) is 49.0 Å². The van der Waals surface area contributed by atoms with Gasteiger partial charge >= 0.3 is 11.9 Å². The molecule has 2 N–H and O–H groups in total. The lowest BCUT2D eigenvalue weighted by atomic mass is 10.2. The minimum absolute atomic E-state index is 0.00276. The number of nitrogens with one attached hydrogen (secondary N) is 2. The molecule has 40 heavy (non-hydrogen) atoms. The van der Waals surface area contributed by atoms with Crippen LogP contribution in [0.5, 0.6) is 11.5 Å². The number of carbonyl (C=O) groups is 4. The van der Waals surface area contributed by atoms with Crippen LogP contribution in [0.3, 0.4) is 0 Å². The van der Waals surface area contributed by atoms with Crippen molar-refractivity contribution in [1.29, 1.82) is 0 Å². The first kappa shape index (κ1) is 29.9. The predicted molar refractivity (Wildman–Crippen MR) is 151 cm³/mol. The molecule has 0 fully saturated rings. The van der Waals surface area contributed by atoms with E-state index in [0.717, 1.165) is 11.3 Å². The van der Waals surface area contributed by atoms with Crippen molar-refractivity contribution in [2.45, 2.75) is 40.0 Å². The highest BCUT2D eigenvalue weighted by atomic mass is 16.5. The Labute approximate surface area is 233 Å². The maximum atomic E-state index is 12.2. The Hall–Kier alpha value is -4.66. The van der Waals surface area contributed by atoms with Gasteiger partial charge in [0.1, 0.15) is 11.5 Å². The third kappa shape index (κ3) is 10.6. The SMILES string of the molecule is Cc1ccc(Oc2ccc(NC(=O)CCCC(=O)OCC(=O)Nc3ccc(C(=O)OCC(C)C)cc3)cc2)cc1. The van der Waals surface area contributed by atoms with E-state index >= 15 is 0 Å². The standard InChI is InChI=1S/C31H34N2O7/c1-21(2)19-39-31(37)23-9-11-24(12-10-23)33-29(35)20-38-30(36)6-4-5-28(34)32-25-13-17-27(18-14-25)40-26-15-7-22(3)8-16-26/h7-18,21H,4-6,19-20H2,1-3H3,(H,32,34)(H,33,35). The number of anilines is 2. The summed E-state index contributed by atoms with van der Waals surface area (Å²) in [6.45, 7) is 5.76. The first-order chi connectivity index (χ1) is 19.2. The average molecular weight is 547 g/mol. The van der Waals surface area contributed by atoms with Crippen LogP contribution < -0.4 is 15.4 Å². The van der Waals surface area contributed by atoms with E-state index in [4.69, 9.17) is 14.2 Å². The van der Waals surface area contributed by atoms with Gasteiger partial charge in [0.05, 0.1) is 12.2 Å². The summed E-state index contributed by atoms with van der Waals surface area (Å²) in [7, 11) is 0. The van der Waals surface area contributed by atoms with Crippen LogP contribution in [0, 0.1) is 12.8 Å². The van der Waals surface area contributed by atoms with Crippen molar-refractivity contribution in [1.82, 2.24) is 0 Å². The second kappa shape index (κ2) is 15.1. The van der Waals surface area contributed by atoms with Gasteiger partial charge in [0.2, 0.25) is 5.91 Å². The molecule has 0 bridgehead atoms. The largest absolute Gasteiger partial charge is 0.462 e. The van der Waals surface area contributed by atoms with Crippen LogP contribution >= 0.6 is 0 Å². The number of benzene rings is 3. The highest BCUT2D eigenvalue weighted by molar-refractivity contribution is 5.94. The van der Waals surface area contributed by atoms with Gasteiger partial charge in [0, 0.05) is 24.2 Å². The molecule has 0 unspecified atom stereocenters. The van der Waals surface area contributed by atoms with E-state index < -0.39 is 24.5 Å². The van der Waals surface area contributed by atoms with Crippen LogP contribution in [-0.4, -0.2) is 37.0 Å². The lowest BCUT2D eigenvalue weighted by molar-refractivity contribution is -0.147. The second-order valence-corrected chi connectivity index (χ2v) is 9.62. The fourth-order valence-corrected chi connectivity index (χ4v) is 3.40. The van der Waals surface area contributed by atoms with Crippen LogP contribution in [-0.2, 0) is 23.9 Å². The van der Waals surface area contributed by atoms with Crippen molar-refractivity contribution >= 4 is 35.1 Å². The molecule has 9 nitrogen and oxygen atoms in total. The molecule has 3 rings (SSSR count). The van der Waals surface area contributed by atoms with E-state index in [0.29, 0.717) is 29.3 Å². The van der Waals surface area contributed by atoms with E-state index in [9.17, 15) is 19.2 Å². The van der Waals surface area contributed by atoms with Gasteiger partial charge in [0.15, 0.2) is 6.61 Å². The molecule has 210 valence electrons. The van der Waals surface area contributed by atoms with Crippen LogP contribution in [0.25, 0.3) is 0 Å². The Morgan fingerprint density at radius 3 is 1.85 bits per heavy atom. The molecule has 2 amide bonds. The van der Waals surface area contributed by atoms with Gasteiger partial charge in [-0.15, -0.1) is 0 Å². The smallest absolute Gasteiger partial charge is 0.338 e. The first-order valence-electron chi connectivity index (χ1n) is 13.0. The number of hydrogen-bond donors (Lipinski definition) is 2. The fraction of sp³-hybridized carbons (Fsp3) is 0.290. The Kier molecular flexibility index (Phi) is 11.3. The molecule has 0 spiro atoms. The maximum absolute atomic E-state index is 12.2. The van der Waals surface area contributed by atoms with Crippen LogP contribution in [0.15, 0.2) is 72.8 Å². The monoisotopic (exact) mass is 546 g/mol. The van der Waals surface area contributed by atoms with Crippen molar-refractivity contribution in [3.05, 3.63) is 83.9 Å². The Balaban J connectivity index is 1.30. The normalized spacial score (nSPS) is 10.5. The minimum atomic E-state index is -0.580. The molecule has 0 aliphatic heterocycles. The zero-order chi connectivity index (χ0) is 28.9. The number of amides is 2. The summed E-state index contributed by atoms with van der Waals surface area (Å²) >= 11 is 0. The average Bonchev–Trinajstić information content (AvgIpc) is 2.93. The summed E-state index contributed by atoms with van der Waals surface area (Å²) in [6, 6.07) is 20.9. The number of carbonyl (C=O) groups excluding carboxylic acids is 4. The van der Waals surface area contributed by atoms with E-state index in [2.05, 4.69) is 10.6 Å². The third-order valence-corrected chi connectivity index (χ3v) is 5.50. The molecular weight excluding hydrogens is 512 g/mol. The maximum Gasteiger partial charge on any atom is 0.338 e. The lowest BCUT2D eigenvalue weighted by Gasteiger charge is -2.09. The highest BCUT2D eigenvalue weighted by Crippen LogP contribution is 2.23. The summed E-state index contributed by atoms with van der Waals surface area (Å²) in [6.07, 6.45) is 0.390. The van der Waals surface area contributed by atoms with Crippen molar-refractivity contribution < 1.29 is 33.4 Å². The molecule has 0 heterocycles. The summed E-state index contributed by atoms with van der Waals surface area (Å²) in [5.74, 6) is -0.171. The summed E-state index contributed by atoms with van der Waals surface area (Å²) in [4.78, 5) is 48.2. The third-order valence-electron chi connectivity index (χ3n) is 5.50. The number of aryl methyl sites for hydroxylation is 1. The summed E-state index contributed by atoms with van der Waals surface area (Å²) < 4.78 is 15.9. The summed E-state index contributed by atoms with van der Waals surface area (Å²) in [5, 5.41) is 5.37. The van der Waals surface area contributed by atoms with Gasteiger partial charge in [-0.05, 0) is 79.9 Å². The first-order valence-corrected chi connectivity index (χ1v) is 13.0. The highest BCUT2D eigenvalue weighted by Gasteiger charge is 2.12. The molecule has 0 radical (unpaired) electrons. The Bertz CT molecular complexity index is 1280. The molecule has 3 aromatic rings. The van der Waals surface area contributed by atoms with E-state index in [1.807, 2.05) is 45.0 Å². The van der Waals surface area contributed by atoms with Gasteiger partial charge < -0.3 is 24.8 Å². The van der Waals surface area contributed by atoms with E-state index in [-0.39, 0.29) is 31.1 Å². The van der Waals surface area contributed by atoms with Gasteiger partial charge in [-0.3, -0.25) is 14.4 Å². The quantitative estimate of drug-likeness (QED) is 0.257. The van der Waals surface area contributed by atoms with E-state index in [1.165, 1.54) is 0 Å². The van der Waals surface area contributed by atoms with Crippen LogP contribution in [0.2, 0.25) is 0 Å². The molecule has 3 aromatic carbocycles. The molecule has 0 aliphatic carbocycles. The van der Waals surface area contributed by atoms with Gasteiger partial charge in [-0.2, -0.15) is 0 Å². The lowest BCUT2D eigenvalue weighted by Crippen LogP contribution is -2.21. The van der Waals surface area contributed by atoms with Crippen molar-refractivity contribution in [3.63, 3.8) is 0 Å². The molecule has 0 saturated carbocycles. The second-order valence-electron chi connectivity index (χ2n) is 9.62.